The molecule has 4 nitrogen and oxygen atoms in total. The Morgan fingerprint density at radius 2 is 2.37 bits per heavy atom. The van der Waals surface area contributed by atoms with E-state index in [0.717, 1.165) is 46.4 Å². The highest BCUT2D eigenvalue weighted by atomic mass is 32.1. The Morgan fingerprint density at radius 3 is 2.95 bits per heavy atom. The van der Waals surface area contributed by atoms with Crippen LogP contribution in [0.5, 0.6) is 0 Å². The molecule has 0 aliphatic carbocycles. The summed E-state index contributed by atoms with van der Waals surface area (Å²) in [5, 5.41) is 4.40. The molecule has 5 heteroatoms. The lowest BCUT2D eigenvalue weighted by molar-refractivity contribution is -0.0410. The number of rotatable bonds is 4. The first kappa shape index (κ1) is 12.4. The largest absolute Gasteiger partial charge is 0.397 e. The second-order valence-electron chi connectivity index (χ2n) is 4.71. The molecule has 1 aliphatic heterocycles. The van der Waals surface area contributed by atoms with Gasteiger partial charge < -0.3 is 15.8 Å². The zero-order chi connectivity index (χ0) is 13.2. The number of nitrogen functional groups attached to an aromatic ring is 1. The molecule has 0 bridgehead atoms. The highest BCUT2D eigenvalue weighted by Gasteiger charge is 2.17. The van der Waals surface area contributed by atoms with Crippen molar-refractivity contribution >= 4 is 22.7 Å². The van der Waals surface area contributed by atoms with Gasteiger partial charge in [-0.2, -0.15) is 0 Å². The van der Waals surface area contributed by atoms with Gasteiger partial charge in [0.05, 0.1) is 27.4 Å². The average Bonchev–Trinajstić information content (AvgIpc) is 2.76. The summed E-state index contributed by atoms with van der Waals surface area (Å²) in [7, 11) is 0. The zero-order valence-electron chi connectivity index (χ0n) is 10.8. The molecule has 1 aliphatic rings. The maximum absolute atomic E-state index is 6.09. The lowest BCUT2D eigenvalue weighted by Gasteiger charge is -2.27. The fourth-order valence-electron chi connectivity index (χ4n) is 2.04. The molecule has 2 heterocycles. The van der Waals surface area contributed by atoms with Gasteiger partial charge in [0.15, 0.2) is 0 Å². The van der Waals surface area contributed by atoms with Gasteiger partial charge >= 0.3 is 0 Å². The van der Waals surface area contributed by atoms with Crippen LogP contribution in [0.1, 0.15) is 11.4 Å². The van der Waals surface area contributed by atoms with Crippen LogP contribution >= 0.6 is 11.3 Å². The molecule has 3 N–H and O–H groups in total. The van der Waals surface area contributed by atoms with Crippen LogP contribution in [-0.4, -0.2) is 24.2 Å². The average molecular weight is 275 g/mol. The predicted molar refractivity (Wildman–Crippen MR) is 79.5 cm³/mol. The molecule has 1 atom stereocenters. The first-order valence-corrected chi connectivity index (χ1v) is 7.22. The van der Waals surface area contributed by atoms with E-state index >= 15 is 0 Å². The topological polar surface area (TPSA) is 60.2 Å². The number of aromatic nitrogens is 1. The van der Waals surface area contributed by atoms with E-state index in [-0.39, 0.29) is 0 Å². The molecule has 0 saturated carbocycles. The highest BCUT2D eigenvalue weighted by Crippen LogP contribution is 2.30. The van der Waals surface area contributed by atoms with Gasteiger partial charge in [-0.25, -0.2) is 4.98 Å². The van der Waals surface area contributed by atoms with Gasteiger partial charge in [0.25, 0.3) is 0 Å². The van der Waals surface area contributed by atoms with Crippen LogP contribution in [-0.2, 0) is 4.74 Å². The fourth-order valence-corrected chi connectivity index (χ4v) is 2.82. The monoisotopic (exact) mass is 275 g/mol. The summed E-state index contributed by atoms with van der Waals surface area (Å²) in [6, 6.07) is 6.10. The molecular weight excluding hydrogens is 258 g/mol. The number of nitrogens with two attached hydrogens (primary N) is 1. The molecule has 1 aromatic heterocycles. The first-order valence-electron chi connectivity index (χ1n) is 6.40. The molecule has 0 radical (unpaired) electrons. The predicted octanol–water partition coefficient (Wildman–Crippen LogP) is 2.90. The summed E-state index contributed by atoms with van der Waals surface area (Å²) in [5.41, 5.74) is 8.95. The number of benzene rings is 1. The second kappa shape index (κ2) is 5.19. The molecule has 2 aromatic rings. The lowest BCUT2D eigenvalue weighted by atomic mass is 10.1. The van der Waals surface area contributed by atoms with Gasteiger partial charge in [0.2, 0.25) is 0 Å². The Hall–Kier alpha value is -1.59. The van der Waals surface area contributed by atoms with E-state index in [0.29, 0.717) is 6.10 Å². The van der Waals surface area contributed by atoms with Gasteiger partial charge in [-0.05, 0) is 31.0 Å². The zero-order valence-corrected chi connectivity index (χ0v) is 11.7. The molecule has 0 amide bonds. The van der Waals surface area contributed by atoms with E-state index < -0.39 is 0 Å². The third-order valence-corrected chi connectivity index (χ3v) is 4.23. The van der Waals surface area contributed by atoms with Crippen LogP contribution in [0.3, 0.4) is 0 Å². The molecule has 1 saturated heterocycles. The number of anilines is 2. The van der Waals surface area contributed by atoms with Crippen LogP contribution in [0.25, 0.3) is 10.4 Å². The van der Waals surface area contributed by atoms with E-state index in [4.69, 9.17) is 10.5 Å². The van der Waals surface area contributed by atoms with Gasteiger partial charge in [0.1, 0.15) is 0 Å². The Labute approximate surface area is 116 Å². The summed E-state index contributed by atoms with van der Waals surface area (Å²) in [6.07, 6.45) is 3.36. The molecule has 1 aromatic carbocycles. The van der Waals surface area contributed by atoms with Gasteiger partial charge in [-0.3, -0.25) is 0 Å². The minimum atomic E-state index is 0.336. The second-order valence-corrected chi connectivity index (χ2v) is 5.94. The van der Waals surface area contributed by atoms with Gasteiger partial charge in [-0.15, -0.1) is 11.3 Å². The highest BCUT2D eigenvalue weighted by molar-refractivity contribution is 7.15. The maximum atomic E-state index is 6.09. The van der Waals surface area contributed by atoms with E-state index in [2.05, 4.69) is 16.4 Å². The number of hydrogen-bond donors (Lipinski definition) is 2. The van der Waals surface area contributed by atoms with Crippen molar-refractivity contribution in [1.82, 2.24) is 4.98 Å². The molecule has 1 fully saturated rings. The first-order chi connectivity index (χ1) is 9.22. The van der Waals surface area contributed by atoms with Crippen molar-refractivity contribution in [3.63, 3.8) is 0 Å². The number of nitrogens with one attached hydrogen (secondary N) is 1. The van der Waals surface area contributed by atoms with Crippen LogP contribution in [0.2, 0.25) is 0 Å². The molecule has 3 rings (SSSR count). The van der Waals surface area contributed by atoms with Crippen molar-refractivity contribution in [3.05, 3.63) is 29.4 Å². The number of ether oxygens (including phenoxy) is 1. The fraction of sp³-hybridized carbons (Fsp3) is 0.357. The molecular formula is C14H17N3OS. The summed E-state index contributed by atoms with van der Waals surface area (Å²) in [6.45, 7) is 3.71. The molecule has 100 valence electrons. The van der Waals surface area contributed by atoms with Crippen LogP contribution in [0.4, 0.5) is 11.4 Å². The SMILES string of the molecule is Cc1ncc(-c2ccc(NCC3CCO3)c(N)c2)s1. The lowest BCUT2D eigenvalue weighted by Crippen LogP contribution is -2.33. The number of hydrogen-bond acceptors (Lipinski definition) is 5. The molecule has 0 spiro atoms. The number of aryl methyl sites for hydroxylation is 1. The Balaban J connectivity index is 1.73. The molecule has 1 unspecified atom stereocenters. The Kier molecular flexibility index (Phi) is 3.40. The smallest absolute Gasteiger partial charge is 0.0900 e. The third-order valence-electron chi connectivity index (χ3n) is 3.27. The van der Waals surface area contributed by atoms with Crippen molar-refractivity contribution in [2.75, 3.05) is 24.2 Å². The molecule has 19 heavy (non-hydrogen) atoms. The standard InChI is InChI=1S/C14H17N3OS/c1-9-16-8-14(19-9)10-2-3-13(12(15)6-10)17-7-11-4-5-18-11/h2-3,6,8,11,17H,4-5,7,15H2,1H3. The van der Waals surface area contributed by atoms with Gasteiger partial charge in [0, 0.05) is 19.3 Å². The van der Waals surface area contributed by atoms with E-state index in [1.807, 2.05) is 25.3 Å². The van der Waals surface area contributed by atoms with Crippen molar-refractivity contribution in [3.8, 4) is 10.4 Å². The van der Waals surface area contributed by atoms with Crippen LogP contribution < -0.4 is 11.1 Å². The van der Waals surface area contributed by atoms with E-state index in [1.54, 1.807) is 11.3 Å². The normalized spacial score (nSPS) is 18.1. The van der Waals surface area contributed by atoms with Crippen molar-refractivity contribution < 1.29 is 4.74 Å². The maximum Gasteiger partial charge on any atom is 0.0900 e. The van der Waals surface area contributed by atoms with Crippen LogP contribution in [0, 0.1) is 6.92 Å². The summed E-state index contributed by atoms with van der Waals surface area (Å²) < 4.78 is 5.38. The van der Waals surface area contributed by atoms with E-state index in [1.165, 1.54) is 0 Å². The van der Waals surface area contributed by atoms with Crippen molar-refractivity contribution in [1.29, 1.82) is 0 Å². The van der Waals surface area contributed by atoms with Crippen molar-refractivity contribution in [2.45, 2.75) is 19.4 Å². The summed E-state index contributed by atoms with van der Waals surface area (Å²) >= 11 is 1.68. The minimum Gasteiger partial charge on any atom is -0.397 e. The van der Waals surface area contributed by atoms with Crippen molar-refractivity contribution in [2.24, 2.45) is 0 Å². The van der Waals surface area contributed by atoms with E-state index in [9.17, 15) is 0 Å². The van der Waals surface area contributed by atoms with Gasteiger partial charge in [-0.1, -0.05) is 6.07 Å². The quantitative estimate of drug-likeness (QED) is 0.842. The number of thiazole rings is 1. The number of nitrogens with zero attached hydrogens (tertiary/aromatic N) is 1. The minimum absolute atomic E-state index is 0.336. The Bertz CT molecular complexity index is 578. The third kappa shape index (κ3) is 2.72. The summed E-state index contributed by atoms with van der Waals surface area (Å²) in [4.78, 5) is 5.42. The summed E-state index contributed by atoms with van der Waals surface area (Å²) in [5.74, 6) is 0. The Morgan fingerprint density at radius 1 is 1.53 bits per heavy atom. The van der Waals surface area contributed by atoms with Crippen LogP contribution in [0.15, 0.2) is 24.4 Å².